The van der Waals surface area contributed by atoms with E-state index in [-0.39, 0.29) is 0 Å². The number of hydrogen-bond donors (Lipinski definition) is 1. The molecule has 0 aliphatic rings. The van der Waals surface area contributed by atoms with Crippen molar-refractivity contribution in [1.29, 1.82) is 0 Å². The topological polar surface area (TPSA) is 26.2 Å². The van der Waals surface area contributed by atoms with Crippen molar-refractivity contribution in [3.8, 4) is 0 Å². The lowest BCUT2D eigenvalue weighted by Gasteiger charge is -2.15. The molecule has 18 heavy (non-hydrogen) atoms. The Morgan fingerprint density at radius 3 is 2.72 bits per heavy atom. The van der Waals surface area contributed by atoms with E-state index in [1.807, 2.05) is 0 Å². The van der Waals surface area contributed by atoms with Crippen LogP contribution in [-0.4, -0.2) is 23.8 Å². The van der Waals surface area contributed by atoms with Crippen molar-refractivity contribution < 1.29 is 4.74 Å². The quantitative estimate of drug-likeness (QED) is 0.729. The van der Waals surface area contributed by atoms with Gasteiger partial charge in [0.2, 0.25) is 0 Å². The van der Waals surface area contributed by atoms with Gasteiger partial charge >= 0.3 is 0 Å². The van der Waals surface area contributed by atoms with Crippen LogP contribution in [0.15, 0.2) is 18.5 Å². The van der Waals surface area contributed by atoms with E-state index in [1.165, 1.54) is 18.4 Å². The second kappa shape index (κ2) is 8.33. The third-order valence-electron chi connectivity index (χ3n) is 3.00. The third-order valence-corrected chi connectivity index (χ3v) is 3.00. The fraction of sp³-hybridized carbons (Fsp3) is 0.733. The van der Waals surface area contributed by atoms with Crippen molar-refractivity contribution >= 4 is 0 Å². The van der Waals surface area contributed by atoms with E-state index in [0.29, 0.717) is 12.1 Å². The third kappa shape index (κ3) is 5.23. The molecule has 1 unspecified atom stereocenters. The van der Waals surface area contributed by atoms with Crippen LogP contribution in [0.3, 0.4) is 0 Å². The molecule has 0 amide bonds. The average molecular weight is 252 g/mol. The monoisotopic (exact) mass is 252 g/mol. The van der Waals surface area contributed by atoms with Gasteiger partial charge in [-0.25, -0.2) is 0 Å². The molecule has 1 atom stereocenters. The standard InChI is InChI=1S/C15H28N2O/c1-5-7-15(16-6-2)14-8-9-17(12-14)10-11-18-13(3)4/h8-9,12-13,15-16H,5-7,10-11H2,1-4H3. The second-order valence-electron chi connectivity index (χ2n) is 5.00. The predicted molar refractivity (Wildman–Crippen MR) is 76.8 cm³/mol. The molecule has 0 radical (unpaired) electrons. The van der Waals surface area contributed by atoms with Gasteiger partial charge in [-0.15, -0.1) is 0 Å². The molecule has 0 saturated heterocycles. The largest absolute Gasteiger partial charge is 0.377 e. The summed E-state index contributed by atoms with van der Waals surface area (Å²) in [5, 5.41) is 3.54. The van der Waals surface area contributed by atoms with Crippen LogP contribution in [0.4, 0.5) is 0 Å². The zero-order valence-electron chi connectivity index (χ0n) is 12.3. The highest BCUT2D eigenvalue weighted by atomic mass is 16.5. The summed E-state index contributed by atoms with van der Waals surface area (Å²) in [5.41, 5.74) is 1.39. The molecule has 3 nitrogen and oxygen atoms in total. The molecule has 0 spiro atoms. The number of rotatable bonds is 9. The Morgan fingerprint density at radius 2 is 2.11 bits per heavy atom. The molecule has 0 aliphatic heterocycles. The zero-order chi connectivity index (χ0) is 13.4. The van der Waals surface area contributed by atoms with Crippen LogP contribution in [0, 0.1) is 0 Å². The number of hydrogen-bond acceptors (Lipinski definition) is 2. The summed E-state index contributed by atoms with van der Waals surface area (Å²) in [6, 6.07) is 2.71. The second-order valence-corrected chi connectivity index (χ2v) is 5.00. The molecule has 1 aromatic rings. The van der Waals surface area contributed by atoms with Crippen molar-refractivity contribution in [2.24, 2.45) is 0 Å². The average Bonchev–Trinajstić information content (AvgIpc) is 2.77. The Balaban J connectivity index is 2.49. The first kappa shape index (κ1) is 15.3. The molecule has 0 aliphatic carbocycles. The summed E-state index contributed by atoms with van der Waals surface area (Å²) in [7, 11) is 0. The van der Waals surface area contributed by atoms with Crippen molar-refractivity contribution in [2.45, 2.75) is 59.2 Å². The van der Waals surface area contributed by atoms with Crippen LogP contribution >= 0.6 is 0 Å². The maximum atomic E-state index is 5.57. The van der Waals surface area contributed by atoms with Crippen LogP contribution in [0.25, 0.3) is 0 Å². The molecule has 1 N–H and O–H groups in total. The summed E-state index contributed by atoms with van der Waals surface area (Å²) in [5.74, 6) is 0. The predicted octanol–water partition coefficient (Wildman–Crippen LogP) is 3.36. The Morgan fingerprint density at radius 1 is 1.33 bits per heavy atom. The summed E-state index contributed by atoms with van der Waals surface area (Å²) < 4.78 is 7.79. The minimum atomic E-state index is 0.314. The van der Waals surface area contributed by atoms with E-state index in [2.05, 4.69) is 56.0 Å². The minimum Gasteiger partial charge on any atom is -0.377 e. The van der Waals surface area contributed by atoms with Gasteiger partial charge in [-0.1, -0.05) is 20.3 Å². The van der Waals surface area contributed by atoms with Crippen LogP contribution in [0.2, 0.25) is 0 Å². The number of ether oxygens (including phenoxy) is 1. The van der Waals surface area contributed by atoms with Gasteiger partial charge in [-0.2, -0.15) is 0 Å². The molecule has 0 saturated carbocycles. The maximum absolute atomic E-state index is 5.57. The highest BCUT2D eigenvalue weighted by Gasteiger charge is 2.10. The number of nitrogens with one attached hydrogen (secondary N) is 1. The first-order valence-electron chi connectivity index (χ1n) is 7.18. The van der Waals surface area contributed by atoms with Gasteiger partial charge < -0.3 is 14.6 Å². The highest BCUT2D eigenvalue weighted by Crippen LogP contribution is 2.18. The van der Waals surface area contributed by atoms with Crippen molar-refractivity contribution in [3.05, 3.63) is 24.0 Å². The Kier molecular flexibility index (Phi) is 7.06. The molecular weight excluding hydrogens is 224 g/mol. The van der Waals surface area contributed by atoms with Crippen LogP contribution in [0.5, 0.6) is 0 Å². The van der Waals surface area contributed by atoms with Crippen LogP contribution in [0.1, 0.15) is 52.1 Å². The summed E-state index contributed by atoms with van der Waals surface area (Å²) in [6.45, 7) is 11.3. The van der Waals surface area contributed by atoms with Crippen molar-refractivity contribution in [3.63, 3.8) is 0 Å². The van der Waals surface area contributed by atoms with Gasteiger partial charge in [-0.3, -0.25) is 0 Å². The van der Waals surface area contributed by atoms with Gasteiger partial charge in [0.25, 0.3) is 0 Å². The molecule has 0 fully saturated rings. The van der Waals surface area contributed by atoms with E-state index >= 15 is 0 Å². The van der Waals surface area contributed by atoms with E-state index < -0.39 is 0 Å². The lowest BCUT2D eigenvalue weighted by atomic mass is 10.1. The zero-order valence-corrected chi connectivity index (χ0v) is 12.3. The molecule has 1 heterocycles. The molecule has 0 bridgehead atoms. The van der Waals surface area contributed by atoms with Crippen molar-refractivity contribution in [1.82, 2.24) is 9.88 Å². The smallest absolute Gasteiger partial charge is 0.0648 e. The summed E-state index contributed by atoms with van der Waals surface area (Å²) >= 11 is 0. The maximum Gasteiger partial charge on any atom is 0.0648 e. The Labute approximate surface area is 112 Å². The number of aromatic nitrogens is 1. The lowest BCUT2D eigenvalue weighted by molar-refractivity contribution is 0.0728. The first-order valence-corrected chi connectivity index (χ1v) is 7.18. The molecule has 104 valence electrons. The molecule has 1 rings (SSSR count). The summed E-state index contributed by atoms with van der Waals surface area (Å²) in [4.78, 5) is 0. The molecule has 0 aromatic carbocycles. The fourth-order valence-electron chi connectivity index (χ4n) is 2.12. The van der Waals surface area contributed by atoms with Gasteiger partial charge in [0.05, 0.1) is 12.7 Å². The van der Waals surface area contributed by atoms with Gasteiger partial charge in [-0.05, 0) is 38.4 Å². The molecule has 3 heteroatoms. The molecule has 1 aromatic heterocycles. The van der Waals surface area contributed by atoms with Gasteiger partial charge in [0, 0.05) is 25.0 Å². The highest BCUT2D eigenvalue weighted by molar-refractivity contribution is 5.15. The minimum absolute atomic E-state index is 0.314. The van der Waals surface area contributed by atoms with E-state index in [1.54, 1.807) is 0 Å². The molecular formula is C15H28N2O. The van der Waals surface area contributed by atoms with Crippen LogP contribution < -0.4 is 5.32 Å². The van der Waals surface area contributed by atoms with Crippen LogP contribution in [-0.2, 0) is 11.3 Å². The van der Waals surface area contributed by atoms with Gasteiger partial charge in [0.15, 0.2) is 0 Å². The van der Waals surface area contributed by atoms with Gasteiger partial charge in [0.1, 0.15) is 0 Å². The van der Waals surface area contributed by atoms with E-state index in [4.69, 9.17) is 4.74 Å². The van der Waals surface area contributed by atoms with E-state index in [0.717, 1.165) is 19.7 Å². The summed E-state index contributed by atoms with van der Waals surface area (Å²) in [6.07, 6.45) is 7.11. The van der Waals surface area contributed by atoms with Crippen molar-refractivity contribution in [2.75, 3.05) is 13.2 Å². The van der Waals surface area contributed by atoms with E-state index in [9.17, 15) is 0 Å². The number of nitrogens with zero attached hydrogens (tertiary/aromatic N) is 1. The SMILES string of the molecule is CCCC(NCC)c1ccn(CCOC(C)C)c1. The fourth-order valence-corrected chi connectivity index (χ4v) is 2.12. The Hall–Kier alpha value is -0.800. The Bertz CT molecular complexity index is 314. The normalized spacial score (nSPS) is 13.2. The first-order chi connectivity index (χ1) is 8.67. The lowest BCUT2D eigenvalue weighted by Crippen LogP contribution is -2.20.